The van der Waals surface area contributed by atoms with E-state index in [0.717, 1.165) is 32.2 Å². The van der Waals surface area contributed by atoms with E-state index >= 15 is 0 Å². The molecule has 3 heterocycles. The van der Waals surface area contributed by atoms with Crippen molar-refractivity contribution in [3.8, 4) is 5.69 Å². The highest BCUT2D eigenvalue weighted by Crippen LogP contribution is 2.28. The molecule has 0 saturated heterocycles. The van der Waals surface area contributed by atoms with Gasteiger partial charge in [0.2, 0.25) is 0 Å². The molecular weight excluding hydrogens is 456 g/mol. The molecule has 166 valence electrons. The summed E-state index contributed by atoms with van der Waals surface area (Å²) in [6.07, 6.45) is 0. The molecule has 0 atom stereocenters. The van der Waals surface area contributed by atoms with Gasteiger partial charge in [-0.05, 0) is 38.1 Å². The minimum absolute atomic E-state index is 0.0411. The lowest BCUT2D eigenvalue weighted by Crippen LogP contribution is -2.15. The van der Waals surface area contributed by atoms with E-state index < -0.39 is 0 Å². The van der Waals surface area contributed by atoms with Crippen molar-refractivity contribution in [2.24, 2.45) is 0 Å². The molecule has 0 radical (unpaired) electrons. The van der Waals surface area contributed by atoms with Crippen molar-refractivity contribution < 1.29 is 9.53 Å². The van der Waals surface area contributed by atoms with Gasteiger partial charge in [-0.1, -0.05) is 41.7 Å². The Morgan fingerprint density at radius 1 is 1.09 bits per heavy atom. The Bertz CT molecular complexity index is 1540. The van der Waals surface area contributed by atoms with Gasteiger partial charge in [-0.3, -0.25) is 14.0 Å². The van der Waals surface area contributed by atoms with Crippen molar-refractivity contribution in [1.29, 1.82) is 0 Å². The van der Waals surface area contributed by atoms with E-state index in [-0.39, 0.29) is 23.9 Å². The SMILES string of the molecule is Cc1nn(-c2ccccc2)c(C)c1SCC(=O)OCc1cc(=O)n2c(n1)sc1ccccc12. The highest BCUT2D eigenvalue weighted by Gasteiger charge is 2.16. The van der Waals surface area contributed by atoms with Gasteiger partial charge in [-0.25, -0.2) is 9.67 Å². The highest BCUT2D eigenvalue weighted by atomic mass is 32.2. The zero-order valence-corrected chi connectivity index (χ0v) is 19.7. The maximum atomic E-state index is 12.6. The van der Waals surface area contributed by atoms with Crippen LogP contribution in [0, 0.1) is 13.8 Å². The summed E-state index contributed by atoms with van der Waals surface area (Å²) in [4.78, 5) is 31.1. The van der Waals surface area contributed by atoms with E-state index in [1.54, 1.807) is 4.40 Å². The molecule has 0 saturated carbocycles. The quantitative estimate of drug-likeness (QED) is 0.264. The summed E-state index contributed by atoms with van der Waals surface area (Å²) in [5.74, 6) is -0.226. The molecule has 2 aromatic carbocycles. The standard InChI is InChI=1S/C24H20N4O3S2/c1-15-23(16(2)28(26-15)18-8-4-3-5-9-18)32-14-22(30)31-13-17-12-21(29)27-19-10-6-7-11-20(19)33-24(27)25-17/h3-12H,13-14H2,1-2H3. The third-order valence-electron chi connectivity index (χ3n) is 5.19. The van der Waals surface area contributed by atoms with Crippen LogP contribution < -0.4 is 5.56 Å². The third kappa shape index (κ3) is 4.17. The number of thioether (sulfide) groups is 1. The summed E-state index contributed by atoms with van der Waals surface area (Å²) in [5, 5.41) is 4.61. The number of aromatic nitrogens is 4. The molecule has 0 bridgehead atoms. The van der Waals surface area contributed by atoms with Gasteiger partial charge >= 0.3 is 5.97 Å². The fourth-order valence-electron chi connectivity index (χ4n) is 3.68. The Balaban J connectivity index is 1.26. The fourth-order valence-corrected chi connectivity index (χ4v) is 5.62. The number of hydrogen-bond donors (Lipinski definition) is 0. The predicted octanol–water partition coefficient (Wildman–Crippen LogP) is 4.55. The number of rotatable bonds is 6. The van der Waals surface area contributed by atoms with Crippen molar-refractivity contribution in [3.05, 3.63) is 88.1 Å². The van der Waals surface area contributed by atoms with Gasteiger partial charge in [0.15, 0.2) is 4.96 Å². The van der Waals surface area contributed by atoms with Gasteiger partial charge in [0.05, 0.1) is 43.6 Å². The van der Waals surface area contributed by atoms with E-state index in [0.29, 0.717) is 10.7 Å². The number of esters is 1. The van der Waals surface area contributed by atoms with Crippen LogP contribution in [0.5, 0.6) is 0 Å². The second-order valence-electron chi connectivity index (χ2n) is 7.47. The largest absolute Gasteiger partial charge is 0.459 e. The molecule has 0 aliphatic carbocycles. The molecule has 9 heteroatoms. The molecule has 33 heavy (non-hydrogen) atoms. The van der Waals surface area contributed by atoms with E-state index in [4.69, 9.17) is 4.74 Å². The maximum Gasteiger partial charge on any atom is 0.316 e. The molecule has 0 N–H and O–H groups in total. The summed E-state index contributed by atoms with van der Waals surface area (Å²) < 4.78 is 9.84. The Kier molecular flexibility index (Phi) is 5.74. The van der Waals surface area contributed by atoms with Gasteiger partial charge in [-0.15, -0.1) is 11.8 Å². The predicted molar refractivity (Wildman–Crippen MR) is 130 cm³/mol. The van der Waals surface area contributed by atoms with Gasteiger partial charge in [0.25, 0.3) is 5.56 Å². The number of hydrogen-bond acceptors (Lipinski definition) is 7. The Labute approximate surface area is 197 Å². The zero-order chi connectivity index (χ0) is 22.9. The Morgan fingerprint density at radius 3 is 2.67 bits per heavy atom. The fraction of sp³-hybridized carbons (Fsp3) is 0.167. The minimum atomic E-state index is -0.371. The monoisotopic (exact) mass is 476 g/mol. The van der Waals surface area contributed by atoms with E-state index in [9.17, 15) is 9.59 Å². The number of carbonyl (C=O) groups is 1. The van der Waals surface area contributed by atoms with Crippen LogP contribution in [-0.4, -0.2) is 30.9 Å². The number of fused-ring (bicyclic) bond motifs is 3. The molecule has 0 aliphatic heterocycles. The summed E-state index contributed by atoms with van der Waals surface area (Å²) in [6.45, 7) is 3.87. The number of carbonyl (C=O) groups excluding carboxylic acids is 1. The van der Waals surface area contributed by atoms with Gasteiger partial charge in [0.1, 0.15) is 6.61 Å². The molecule has 0 fully saturated rings. The lowest BCUT2D eigenvalue weighted by Gasteiger charge is -2.06. The molecule has 7 nitrogen and oxygen atoms in total. The normalized spacial score (nSPS) is 11.3. The van der Waals surface area contributed by atoms with Gasteiger partial charge in [-0.2, -0.15) is 5.10 Å². The van der Waals surface area contributed by atoms with Gasteiger partial charge < -0.3 is 4.74 Å². The number of nitrogens with zero attached hydrogens (tertiary/aromatic N) is 4. The molecule has 5 rings (SSSR count). The second kappa shape index (κ2) is 8.84. The highest BCUT2D eigenvalue weighted by molar-refractivity contribution is 8.00. The van der Waals surface area contributed by atoms with Gasteiger partial charge in [0, 0.05) is 6.07 Å². The number of thiazole rings is 1. The second-order valence-corrected chi connectivity index (χ2v) is 9.46. The van der Waals surface area contributed by atoms with Crippen LogP contribution in [0.1, 0.15) is 17.1 Å². The minimum Gasteiger partial charge on any atom is -0.459 e. The molecule has 5 aromatic rings. The number of aryl methyl sites for hydroxylation is 1. The van der Waals surface area contributed by atoms with E-state index in [1.807, 2.05) is 73.1 Å². The topological polar surface area (TPSA) is 78.5 Å². The van der Waals surface area contributed by atoms with Crippen molar-refractivity contribution in [2.45, 2.75) is 25.3 Å². The van der Waals surface area contributed by atoms with Crippen LogP contribution in [0.4, 0.5) is 0 Å². The Hall–Kier alpha value is -3.43. The van der Waals surface area contributed by atoms with Crippen molar-refractivity contribution in [2.75, 3.05) is 5.75 Å². The summed E-state index contributed by atoms with van der Waals surface area (Å²) in [6, 6.07) is 19.0. The van der Waals surface area contributed by atoms with E-state index in [2.05, 4.69) is 10.1 Å². The number of ether oxygens (including phenoxy) is 1. The van der Waals surface area contributed by atoms with Crippen molar-refractivity contribution in [1.82, 2.24) is 19.2 Å². The molecule has 0 aliphatic rings. The summed E-state index contributed by atoms with van der Waals surface area (Å²) in [5.41, 5.74) is 3.89. The van der Waals surface area contributed by atoms with Crippen LogP contribution >= 0.6 is 23.1 Å². The smallest absolute Gasteiger partial charge is 0.316 e. The van der Waals surface area contributed by atoms with Crippen LogP contribution in [0.2, 0.25) is 0 Å². The van der Waals surface area contributed by atoms with Crippen molar-refractivity contribution >= 4 is 44.2 Å². The first-order valence-electron chi connectivity index (χ1n) is 10.3. The molecule has 3 aromatic heterocycles. The van der Waals surface area contributed by atoms with Crippen LogP contribution in [0.3, 0.4) is 0 Å². The third-order valence-corrected chi connectivity index (χ3v) is 7.47. The maximum absolute atomic E-state index is 12.6. The first-order valence-corrected chi connectivity index (χ1v) is 12.1. The number of para-hydroxylation sites is 2. The molecular formula is C24H20N4O3S2. The van der Waals surface area contributed by atoms with Crippen molar-refractivity contribution in [3.63, 3.8) is 0 Å². The summed E-state index contributed by atoms with van der Waals surface area (Å²) in [7, 11) is 0. The van der Waals surface area contributed by atoms with Crippen LogP contribution in [0.25, 0.3) is 20.9 Å². The average molecular weight is 477 g/mol. The van der Waals surface area contributed by atoms with Crippen LogP contribution in [0.15, 0.2) is 70.4 Å². The lowest BCUT2D eigenvalue weighted by atomic mass is 10.3. The van der Waals surface area contributed by atoms with E-state index in [1.165, 1.54) is 29.2 Å². The first-order chi connectivity index (χ1) is 16.0. The molecule has 0 amide bonds. The molecule has 0 spiro atoms. The molecule has 0 unspecified atom stereocenters. The zero-order valence-electron chi connectivity index (χ0n) is 18.0. The lowest BCUT2D eigenvalue weighted by molar-refractivity contribution is -0.141. The van der Waals surface area contributed by atoms with Crippen LogP contribution in [-0.2, 0) is 16.1 Å². The summed E-state index contributed by atoms with van der Waals surface area (Å²) >= 11 is 2.83. The average Bonchev–Trinajstić information content (AvgIpc) is 3.33. The Morgan fingerprint density at radius 2 is 1.85 bits per heavy atom. The first kappa shape index (κ1) is 21.4. The number of benzene rings is 2.